The fourth-order valence-electron chi connectivity index (χ4n) is 5.50. The van der Waals surface area contributed by atoms with Crippen molar-refractivity contribution < 1.29 is 9.59 Å². The molecule has 0 spiro atoms. The SMILES string of the molecule is CCC(Sc1cccc(NC(=O)c2ccc3ccccc3c2)c1)C(=O)Nc1sc2c(c1C#N)CCN(Cc1ccccc1)C2. The van der Waals surface area contributed by atoms with E-state index >= 15 is 0 Å². The van der Waals surface area contributed by atoms with E-state index in [1.54, 1.807) is 0 Å². The van der Waals surface area contributed by atoms with Crippen LogP contribution in [0.4, 0.5) is 10.7 Å². The molecule has 0 saturated carbocycles. The van der Waals surface area contributed by atoms with Crippen molar-refractivity contribution >= 4 is 56.4 Å². The number of benzene rings is 4. The molecule has 0 fully saturated rings. The van der Waals surface area contributed by atoms with Crippen LogP contribution in [0.25, 0.3) is 10.8 Å². The predicted molar refractivity (Wildman–Crippen MR) is 180 cm³/mol. The lowest BCUT2D eigenvalue weighted by molar-refractivity contribution is -0.115. The van der Waals surface area contributed by atoms with Gasteiger partial charge in [-0.25, -0.2) is 0 Å². The molecular formula is C36H32N4O2S2. The molecule has 8 heteroatoms. The molecule has 0 aliphatic carbocycles. The zero-order chi connectivity index (χ0) is 30.5. The summed E-state index contributed by atoms with van der Waals surface area (Å²) in [5.74, 6) is -0.310. The van der Waals surface area contributed by atoms with E-state index in [1.165, 1.54) is 28.7 Å². The Morgan fingerprint density at radius 1 is 0.955 bits per heavy atom. The number of fused-ring (bicyclic) bond motifs is 2. The highest BCUT2D eigenvalue weighted by Gasteiger charge is 2.27. The van der Waals surface area contributed by atoms with Gasteiger partial charge in [0.25, 0.3) is 5.91 Å². The quantitative estimate of drug-likeness (QED) is 0.164. The van der Waals surface area contributed by atoms with Gasteiger partial charge in [-0.05, 0) is 65.1 Å². The molecule has 1 aliphatic heterocycles. The van der Waals surface area contributed by atoms with Crippen LogP contribution in [0.3, 0.4) is 0 Å². The molecule has 2 amide bonds. The van der Waals surface area contributed by atoms with Crippen LogP contribution in [0, 0.1) is 11.3 Å². The number of nitriles is 1. The lowest BCUT2D eigenvalue weighted by Gasteiger charge is -2.26. The number of amides is 2. The van der Waals surface area contributed by atoms with Crippen molar-refractivity contribution in [3.05, 3.63) is 124 Å². The lowest BCUT2D eigenvalue weighted by atomic mass is 10.0. The summed E-state index contributed by atoms with van der Waals surface area (Å²) in [7, 11) is 0. The van der Waals surface area contributed by atoms with E-state index in [9.17, 15) is 14.9 Å². The van der Waals surface area contributed by atoms with Crippen molar-refractivity contribution in [3.63, 3.8) is 0 Å². The lowest BCUT2D eigenvalue weighted by Crippen LogP contribution is -2.29. The van der Waals surface area contributed by atoms with Gasteiger partial charge in [-0.1, -0.05) is 73.7 Å². The topological polar surface area (TPSA) is 85.2 Å². The van der Waals surface area contributed by atoms with Gasteiger partial charge in [-0.15, -0.1) is 23.1 Å². The van der Waals surface area contributed by atoms with Gasteiger partial charge in [0.05, 0.1) is 10.8 Å². The molecule has 0 radical (unpaired) electrons. The van der Waals surface area contributed by atoms with Crippen LogP contribution in [0.5, 0.6) is 0 Å². The van der Waals surface area contributed by atoms with Crippen LogP contribution in [0.1, 0.15) is 45.3 Å². The Hall–Kier alpha value is -4.42. The Bertz CT molecular complexity index is 1860. The second-order valence-corrected chi connectivity index (χ2v) is 13.2. The Labute approximate surface area is 265 Å². The molecule has 1 atom stereocenters. The van der Waals surface area contributed by atoms with E-state index in [-0.39, 0.29) is 17.1 Å². The number of nitrogens with zero attached hydrogens (tertiary/aromatic N) is 2. The van der Waals surface area contributed by atoms with Gasteiger partial charge < -0.3 is 10.6 Å². The minimum atomic E-state index is -0.360. The average Bonchev–Trinajstić information content (AvgIpc) is 3.39. The summed E-state index contributed by atoms with van der Waals surface area (Å²) in [5, 5.41) is 18.5. The maximum absolute atomic E-state index is 13.5. The number of rotatable bonds is 9. The van der Waals surface area contributed by atoms with Gasteiger partial charge in [-0.2, -0.15) is 5.26 Å². The highest BCUT2D eigenvalue weighted by molar-refractivity contribution is 8.00. The predicted octanol–water partition coefficient (Wildman–Crippen LogP) is 8.09. The third kappa shape index (κ3) is 6.71. The first kappa shape index (κ1) is 29.6. The molecule has 0 saturated heterocycles. The van der Waals surface area contributed by atoms with Gasteiger partial charge in [-0.3, -0.25) is 14.5 Å². The second-order valence-electron chi connectivity index (χ2n) is 10.8. The number of carbonyl (C=O) groups excluding carboxylic acids is 2. The number of carbonyl (C=O) groups is 2. The van der Waals surface area contributed by atoms with Crippen molar-refractivity contribution in [1.29, 1.82) is 5.26 Å². The molecule has 2 N–H and O–H groups in total. The molecule has 2 heterocycles. The standard InChI is InChI=1S/C36H32N4O2S2/c1-2-32(43-29-14-8-13-28(20-29)38-34(41)27-16-15-25-11-6-7-12-26(25)19-27)35(42)39-36-31(21-37)30-17-18-40(23-33(30)44-36)22-24-9-4-3-5-10-24/h3-16,19-20,32H,2,17-18,22-23H2,1H3,(H,38,41)(H,39,42). The van der Waals surface area contributed by atoms with Crippen LogP contribution in [0.2, 0.25) is 0 Å². The summed E-state index contributed by atoms with van der Waals surface area (Å²) in [4.78, 5) is 30.9. The van der Waals surface area contributed by atoms with Crippen LogP contribution in [0.15, 0.2) is 102 Å². The summed E-state index contributed by atoms with van der Waals surface area (Å²) in [6.07, 6.45) is 1.41. The number of thiophene rings is 1. The molecule has 1 aromatic heterocycles. The number of hydrogen-bond donors (Lipinski definition) is 2. The fourth-order valence-corrected chi connectivity index (χ4v) is 7.76. The van der Waals surface area contributed by atoms with Gasteiger partial charge >= 0.3 is 0 Å². The second kappa shape index (κ2) is 13.5. The maximum Gasteiger partial charge on any atom is 0.255 e. The normalized spacial score (nSPS) is 13.5. The van der Waals surface area contributed by atoms with Gasteiger partial charge in [0, 0.05) is 40.7 Å². The van der Waals surface area contributed by atoms with E-state index in [2.05, 4.69) is 45.9 Å². The smallest absolute Gasteiger partial charge is 0.255 e. The molecule has 1 aliphatic rings. The zero-order valence-electron chi connectivity index (χ0n) is 24.4. The minimum Gasteiger partial charge on any atom is -0.322 e. The first-order chi connectivity index (χ1) is 21.5. The van der Waals surface area contributed by atoms with Crippen LogP contribution < -0.4 is 10.6 Å². The molecule has 6 nitrogen and oxygen atoms in total. The number of nitrogens with one attached hydrogen (secondary N) is 2. The Balaban J connectivity index is 1.11. The molecule has 5 aromatic rings. The zero-order valence-corrected chi connectivity index (χ0v) is 26.0. The van der Waals surface area contributed by atoms with E-state index in [1.807, 2.05) is 79.7 Å². The fraction of sp³-hybridized carbons (Fsp3) is 0.194. The molecule has 44 heavy (non-hydrogen) atoms. The molecule has 220 valence electrons. The Morgan fingerprint density at radius 2 is 1.75 bits per heavy atom. The highest BCUT2D eigenvalue weighted by Crippen LogP contribution is 2.38. The summed E-state index contributed by atoms with van der Waals surface area (Å²) < 4.78 is 0. The third-order valence-electron chi connectivity index (χ3n) is 7.78. The van der Waals surface area contributed by atoms with E-state index in [0.717, 1.165) is 52.2 Å². The first-order valence-corrected chi connectivity index (χ1v) is 16.4. The monoisotopic (exact) mass is 616 g/mol. The minimum absolute atomic E-state index is 0.126. The van der Waals surface area contributed by atoms with Crippen molar-refractivity contribution in [1.82, 2.24) is 4.90 Å². The van der Waals surface area contributed by atoms with Gasteiger partial charge in [0.1, 0.15) is 11.1 Å². The summed E-state index contributed by atoms with van der Waals surface area (Å²) in [6, 6.07) is 33.9. The largest absolute Gasteiger partial charge is 0.322 e. The van der Waals surface area contributed by atoms with Crippen molar-refractivity contribution in [2.75, 3.05) is 17.2 Å². The first-order valence-electron chi connectivity index (χ1n) is 14.7. The average molecular weight is 617 g/mol. The van der Waals surface area contributed by atoms with Crippen molar-refractivity contribution in [2.24, 2.45) is 0 Å². The van der Waals surface area contributed by atoms with Crippen LogP contribution in [-0.4, -0.2) is 28.5 Å². The van der Waals surface area contributed by atoms with Crippen molar-refractivity contribution in [3.8, 4) is 6.07 Å². The van der Waals surface area contributed by atoms with Crippen LogP contribution >= 0.6 is 23.1 Å². The molecular weight excluding hydrogens is 585 g/mol. The summed E-state index contributed by atoms with van der Waals surface area (Å²) in [5.41, 5.74) is 4.18. The number of anilines is 2. The summed E-state index contributed by atoms with van der Waals surface area (Å²) >= 11 is 2.97. The molecule has 6 rings (SSSR count). The van der Waals surface area contributed by atoms with Crippen molar-refractivity contribution in [2.45, 2.75) is 43.0 Å². The third-order valence-corrected chi connectivity index (χ3v) is 10.3. The summed E-state index contributed by atoms with van der Waals surface area (Å²) in [6.45, 7) is 4.48. The molecule has 1 unspecified atom stereocenters. The number of hydrogen-bond acceptors (Lipinski definition) is 6. The molecule has 0 bridgehead atoms. The van der Waals surface area contributed by atoms with Gasteiger partial charge in [0.2, 0.25) is 5.91 Å². The van der Waals surface area contributed by atoms with Crippen LogP contribution in [-0.2, 0) is 24.3 Å². The Kier molecular flexibility index (Phi) is 9.08. The van der Waals surface area contributed by atoms with Gasteiger partial charge in [0.15, 0.2) is 0 Å². The number of thioether (sulfide) groups is 1. The Morgan fingerprint density at radius 3 is 2.55 bits per heavy atom. The van der Waals surface area contributed by atoms with E-state index in [0.29, 0.717) is 28.2 Å². The van der Waals surface area contributed by atoms with E-state index < -0.39 is 0 Å². The highest BCUT2D eigenvalue weighted by atomic mass is 32.2. The molecule has 4 aromatic carbocycles. The van der Waals surface area contributed by atoms with E-state index in [4.69, 9.17) is 0 Å². The maximum atomic E-state index is 13.5.